The molecule has 0 saturated heterocycles. The highest BCUT2D eigenvalue weighted by atomic mass is 16.5. The van der Waals surface area contributed by atoms with Crippen LogP contribution in [0.15, 0.2) is 23.4 Å². The highest BCUT2D eigenvalue weighted by molar-refractivity contribution is 5.97. The van der Waals surface area contributed by atoms with Crippen molar-refractivity contribution in [3.05, 3.63) is 29.3 Å². The number of nitrogens with zero attached hydrogens (tertiary/aromatic N) is 2. The first-order valence-corrected chi connectivity index (χ1v) is 7.58. The lowest BCUT2D eigenvalue weighted by Gasteiger charge is -2.28. The Balaban J connectivity index is 2.23. The van der Waals surface area contributed by atoms with Gasteiger partial charge in [-0.05, 0) is 37.6 Å². The molecule has 2 rings (SSSR count). The molecule has 5 nitrogen and oxygen atoms in total. The van der Waals surface area contributed by atoms with E-state index in [1.165, 1.54) is 25.7 Å². The standard InChI is InChI=1S/C16H25N3O2/c1-3-19(14-6-4-5-7-14)11-13-10-12(16(17)18-20)8-9-15(13)21-2/h8-10,14,20H,3-7,11H2,1-2H3,(H2,17,18). The molecule has 0 unspecified atom stereocenters. The molecule has 116 valence electrons. The van der Waals surface area contributed by atoms with Crippen LogP contribution in [0.4, 0.5) is 0 Å². The van der Waals surface area contributed by atoms with Crippen molar-refractivity contribution >= 4 is 5.84 Å². The van der Waals surface area contributed by atoms with Crippen LogP contribution < -0.4 is 10.5 Å². The van der Waals surface area contributed by atoms with E-state index in [0.717, 1.165) is 30.0 Å². The van der Waals surface area contributed by atoms with Crippen LogP contribution in [0.5, 0.6) is 5.75 Å². The summed E-state index contributed by atoms with van der Waals surface area (Å²) in [4.78, 5) is 2.49. The van der Waals surface area contributed by atoms with E-state index >= 15 is 0 Å². The predicted molar refractivity (Wildman–Crippen MR) is 83.8 cm³/mol. The van der Waals surface area contributed by atoms with Crippen LogP contribution in [0.3, 0.4) is 0 Å². The summed E-state index contributed by atoms with van der Waals surface area (Å²) in [7, 11) is 1.67. The van der Waals surface area contributed by atoms with Gasteiger partial charge in [0, 0.05) is 23.7 Å². The van der Waals surface area contributed by atoms with Gasteiger partial charge in [0.25, 0.3) is 0 Å². The third-order valence-electron chi connectivity index (χ3n) is 4.30. The third kappa shape index (κ3) is 3.67. The molecule has 1 aliphatic carbocycles. The molecule has 0 radical (unpaired) electrons. The Morgan fingerprint density at radius 2 is 2.14 bits per heavy atom. The van der Waals surface area contributed by atoms with E-state index < -0.39 is 0 Å². The van der Waals surface area contributed by atoms with E-state index in [1.807, 2.05) is 18.2 Å². The molecule has 1 aliphatic rings. The van der Waals surface area contributed by atoms with Crippen LogP contribution in [0.25, 0.3) is 0 Å². The number of hydrogen-bond donors (Lipinski definition) is 2. The average Bonchev–Trinajstić information content (AvgIpc) is 3.05. The Labute approximate surface area is 126 Å². The highest BCUT2D eigenvalue weighted by Crippen LogP contribution is 2.27. The topological polar surface area (TPSA) is 71.1 Å². The van der Waals surface area contributed by atoms with Crippen LogP contribution >= 0.6 is 0 Å². The lowest BCUT2D eigenvalue weighted by molar-refractivity contribution is 0.198. The number of benzene rings is 1. The van der Waals surface area contributed by atoms with E-state index in [-0.39, 0.29) is 5.84 Å². The van der Waals surface area contributed by atoms with Gasteiger partial charge >= 0.3 is 0 Å². The molecule has 0 heterocycles. The summed E-state index contributed by atoms with van der Waals surface area (Å²) in [5.41, 5.74) is 7.48. The molecule has 0 spiro atoms. The summed E-state index contributed by atoms with van der Waals surface area (Å²) in [5, 5.41) is 11.9. The number of amidine groups is 1. The Bertz CT molecular complexity index is 496. The summed E-state index contributed by atoms with van der Waals surface area (Å²) in [5.74, 6) is 0.976. The second kappa shape index (κ2) is 7.31. The average molecular weight is 291 g/mol. The molecule has 21 heavy (non-hydrogen) atoms. The molecular weight excluding hydrogens is 266 g/mol. The van der Waals surface area contributed by atoms with Crippen molar-refractivity contribution in [3.8, 4) is 5.75 Å². The molecule has 0 amide bonds. The normalized spacial score (nSPS) is 16.6. The summed E-state index contributed by atoms with van der Waals surface area (Å²) in [6.07, 6.45) is 5.19. The van der Waals surface area contributed by atoms with Gasteiger partial charge in [-0.2, -0.15) is 0 Å². The van der Waals surface area contributed by atoms with E-state index in [2.05, 4.69) is 17.0 Å². The van der Waals surface area contributed by atoms with E-state index in [4.69, 9.17) is 15.7 Å². The van der Waals surface area contributed by atoms with E-state index in [1.54, 1.807) is 7.11 Å². The summed E-state index contributed by atoms with van der Waals surface area (Å²) in [6.45, 7) is 4.04. The van der Waals surface area contributed by atoms with Gasteiger partial charge in [0.15, 0.2) is 5.84 Å². The molecule has 1 fully saturated rings. The zero-order chi connectivity index (χ0) is 15.2. The van der Waals surface area contributed by atoms with E-state index in [0.29, 0.717) is 6.04 Å². The molecule has 3 N–H and O–H groups in total. The van der Waals surface area contributed by atoms with Crippen molar-refractivity contribution in [1.82, 2.24) is 4.90 Å². The van der Waals surface area contributed by atoms with E-state index in [9.17, 15) is 0 Å². The highest BCUT2D eigenvalue weighted by Gasteiger charge is 2.22. The fourth-order valence-corrected chi connectivity index (χ4v) is 3.11. The minimum absolute atomic E-state index is 0.128. The number of ether oxygens (including phenoxy) is 1. The largest absolute Gasteiger partial charge is 0.496 e. The van der Waals surface area contributed by atoms with Gasteiger partial charge in [-0.1, -0.05) is 24.9 Å². The molecule has 0 atom stereocenters. The lowest BCUT2D eigenvalue weighted by atomic mass is 10.1. The first kappa shape index (κ1) is 15.6. The zero-order valence-corrected chi connectivity index (χ0v) is 12.9. The van der Waals surface area contributed by atoms with Crippen LogP contribution in [0.1, 0.15) is 43.7 Å². The maximum atomic E-state index is 8.83. The maximum Gasteiger partial charge on any atom is 0.170 e. The summed E-state index contributed by atoms with van der Waals surface area (Å²) >= 11 is 0. The van der Waals surface area contributed by atoms with Crippen molar-refractivity contribution < 1.29 is 9.94 Å². The fourth-order valence-electron chi connectivity index (χ4n) is 3.11. The number of methoxy groups -OCH3 is 1. The SMILES string of the molecule is CCN(Cc1cc(/C(N)=N/O)ccc1OC)C1CCCC1. The monoisotopic (exact) mass is 291 g/mol. The molecule has 1 saturated carbocycles. The summed E-state index contributed by atoms with van der Waals surface area (Å²) < 4.78 is 5.45. The van der Waals surface area contributed by atoms with Crippen LogP contribution in [-0.4, -0.2) is 35.6 Å². The number of oxime groups is 1. The van der Waals surface area contributed by atoms with Gasteiger partial charge in [-0.3, -0.25) is 4.90 Å². The Morgan fingerprint density at radius 3 is 2.71 bits per heavy atom. The molecule has 0 aliphatic heterocycles. The second-order valence-electron chi connectivity index (χ2n) is 5.51. The smallest absolute Gasteiger partial charge is 0.170 e. The number of rotatable bonds is 6. The van der Waals surface area contributed by atoms with Crippen LogP contribution in [-0.2, 0) is 6.54 Å². The fraction of sp³-hybridized carbons (Fsp3) is 0.562. The van der Waals surface area contributed by atoms with Crippen molar-refractivity contribution in [1.29, 1.82) is 0 Å². The van der Waals surface area contributed by atoms with Crippen molar-refractivity contribution in [3.63, 3.8) is 0 Å². The molecule has 0 aromatic heterocycles. The second-order valence-corrected chi connectivity index (χ2v) is 5.51. The number of nitrogens with two attached hydrogens (primary N) is 1. The minimum atomic E-state index is 0.128. The van der Waals surface area contributed by atoms with Crippen molar-refractivity contribution in [2.45, 2.75) is 45.2 Å². The predicted octanol–water partition coefficient (Wildman–Crippen LogP) is 2.55. The lowest BCUT2D eigenvalue weighted by Crippen LogP contribution is -2.32. The third-order valence-corrected chi connectivity index (χ3v) is 4.30. The Kier molecular flexibility index (Phi) is 5.44. The minimum Gasteiger partial charge on any atom is -0.496 e. The Hall–Kier alpha value is -1.75. The first-order valence-electron chi connectivity index (χ1n) is 7.58. The molecule has 0 bridgehead atoms. The zero-order valence-electron chi connectivity index (χ0n) is 12.9. The molecule has 1 aromatic rings. The van der Waals surface area contributed by atoms with Crippen LogP contribution in [0.2, 0.25) is 0 Å². The van der Waals surface area contributed by atoms with Crippen molar-refractivity contribution in [2.75, 3.05) is 13.7 Å². The van der Waals surface area contributed by atoms with Gasteiger partial charge in [-0.15, -0.1) is 0 Å². The van der Waals surface area contributed by atoms with Gasteiger partial charge in [0.05, 0.1) is 7.11 Å². The number of hydrogen-bond acceptors (Lipinski definition) is 4. The van der Waals surface area contributed by atoms with Gasteiger partial charge in [0.2, 0.25) is 0 Å². The quantitative estimate of drug-likeness (QED) is 0.366. The molecule has 1 aromatic carbocycles. The molecule has 5 heteroatoms. The Morgan fingerprint density at radius 1 is 1.43 bits per heavy atom. The van der Waals surface area contributed by atoms with Gasteiger partial charge in [0.1, 0.15) is 5.75 Å². The maximum absolute atomic E-state index is 8.83. The van der Waals surface area contributed by atoms with Crippen LogP contribution in [0, 0.1) is 0 Å². The van der Waals surface area contributed by atoms with Gasteiger partial charge < -0.3 is 15.7 Å². The molecular formula is C16H25N3O2. The summed E-state index contributed by atoms with van der Waals surface area (Å²) in [6, 6.07) is 6.30. The van der Waals surface area contributed by atoms with Crippen molar-refractivity contribution in [2.24, 2.45) is 10.9 Å². The van der Waals surface area contributed by atoms with Gasteiger partial charge in [-0.25, -0.2) is 0 Å². The first-order chi connectivity index (χ1) is 10.2.